The number of carbonyl (C=O) groups is 1. The van der Waals surface area contributed by atoms with Crippen molar-refractivity contribution in [2.24, 2.45) is 0 Å². The number of halogens is 1. The highest BCUT2D eigenvalue weighted by atomic mass is 19.1. The van der Waals surface area contributed by atoms with E-state index in [1.807, 2.05) is 31.2 Å². The molecular weight excluding hydrogens is 307 g/mol. The first-order valence-electron chi connectivity index (χ1n) is 7.72. The molecule has 124 valence electrons. The van der Waals surface area contributed by atoms with E-state index in [4.69, 9.17) is 9.47 Å². The fourth-order valence-electron chi connectivity index (χ4n) is 3.34. The van der Waals surface area contributed by atoms with Crippen molar-refractivity contribution in [3.8, 4) is 5.75 Å². The molecule has 0 amide bonds. The van der Waals surface area contributed by atoms with E-state index < -0.39 is 11.6 Å². The van der Waals surface area contributed by atoms with Crippen molar-refractivity contribution in [1.29, 1.82) is 0 Å². The molecule has 0 bridgehead atoms. The maximum absolute atomic E-state index is 16.3. The molecule has 0 saturated heterocycles. The van der Waals surface area contributed by atoms with E-state index in [0.29, 0.717) is 17.7 Å². The lowest BCUT2D eigenvalue weighted by molar-refractivity contribution is -0.151. The lowest BCUT2D eigenvalue weighted by Crippen LogP contribution is -2.34. The summed E-state index contributed by atoms with van der Waals surface area (Å²) in [7, 11) is 2.71. The summed E-state index contributed by atoms with van der Waals surface area (Å²) in [6, 6.07) is 14.1. The summed E-state index contributed by atoms with van der Waals surface area (Å²) in [6.07, 6.45) is 0.623. The first-order valence-corrected chi connectivity index (χ1v) is 7.72. The Morgan fingerprint density at radius 1 is 1.12 bits per heavy atom. The van der Waals surface area contributed by atoms with Crippen LogP contribution < -0.4 is 4.74 Å². The van der Waals surface area contributed by atoms with Gasteiger partial charge in [0.25, 0.3) is 5.67 Å². The molecule has 0 heterocycles. The van der Waals surface area contributed by atoms with Gasteiger partial charge in [0.05, 0.1) is 14.2 Å². The first-order chi connectivity index (χ1) is 11.5. The van der Waals surface area contributed by atoms with E-state index >= 15 is 4.39 Å². The smallest absolute Gasteiger partial charge is 0.353 e. The molecule has 1 aliphatic carbocycles. The van der Waals surface area contributed by atoms with Crippen molar-refractivity contribution in [3.05, 3.63) is 70.8 Å². The van der Waals surface area contributed by atoms with Gasteiger partial charge in [-0.25, -0.2) is 9.18 Å². The van der Waals surface area contributed by atoms with E-state index in [0.717, 1.165) is 16.7 Å². The number of benzene rings is 2. The van der Waals surface area contributed by atoms with E-state index in [-0.39, 0.29) is 5.56 Å². The van der Waals surface area contributed by atoms with Crippen LogP contribution in [0.15, 0.2) is 54.1 Å². The number of hydrogen-bond donors (Lipinski definition) is 0. The number of alkyl halides is 1. The van der Waals surface area contributed by atoms with E-state index in [1.165, 1.54) is 20.3 Å². The summed E-state index contributed by atoms with van der Waals surface area (Å²) in [5, 5.41) is 0. The zero-order valence-corrected chi connectivity index (χ0v) is 13.9. The number of allylic oxidation sites excluding steroid dienone is 1. The average Bonchev–Trinajstić information content (AvgIpc) is 2.96. The predicted octanol–water partition coefficient (Wildman–Crippen LogP) is 4.06. The number of rotatable bonds is 4. The van der Waals surface area contributed by atoms with Gasteiger partial charge in [-0.1, -0.05) is 42.0 Å². The second-order valence-electron chi connectivity index (χ2n) is 5.87. The number of ether oxygens (including phenoxy) is 2. The van der Waals surface area contributed by atoms with E-state index in [2.05, 4.69) is 0 Å². The van der Waals surface area contributed by atoms with Crippen LogP contribution >= 0.6 is 0 Å². The van der Waals surface area contributed by atoms with E-state index in [9.17, 15) is 4.79 Å². The summed E-state index contributed by atoms with van der Waals surface area (Å²) in [6.45, 7) is 1.85. The molecule has 0 spiro atoms. The van der Waals surface area contributed by atoms with Crippen molar-refractivity contribution in [1.82, 2.24) is 0 Å². The molecule has 3 rings (SSSR count). The molecule has 0 radical (unpaired) electrons. The van der Waals surface area contributed by atoms with E-state index in [1.54, 1.807) is 18.2 Å². The predicted molar refractivity (Wildman–Crippen MR) is 90.5 cm³/mol. The van der Waals surface area contributed by atoms with Crippen LogP contribution in [0.4, 0.5) is 4.39 Å². The maximum Gasteiger partial charge on any atom is 0.353 e. The Morgan fingerprint density at radius 3 is 2.58 bits per heavy atom. The van der Waals surface area contributed by atoms with Crippen LogP contribution in [0.1, 0.15) is 23.6 Å². The summed E-state index contributed by atoms with van der Waals surface area (Å²) < 4.78 is 26.3. The molecule has 4 heteroatoms. The molecule has 0 fully saturated rings. The second kappa shape index (κ2) is 6.11. The molecule has 0 saturated carbocycles. The summed E-state index contributed by atoms with van der Waals surface area (Å²) >= 11 is 0. The average molecular weight is 326 g/mol. The summed E-state index contributed by atoms with van der Waals surface area (Å²) in [4.78, 5) is 12.5. The lowest BCUT2D eigenvalue weighted by Gasteiger charge is -2.26. The van der Waals surface area contributed by atoms with Crippen molar-refractivity contribution in [2.75, 3.05) is 14.2 Å². The molecule has 2 aromatic carbocycles. The zero-order chi connectivity index (χ0) is 17.3. The topological polar surface area (TPSA) is 35.5 Å². The third kappa shape index (κ3) is 2.39. The van der Waals surface area contributed by atoms with Gasteiger partial charge >= 0.3 is 5.97 Å². The van der Waals surface area contributed by atoms with Crippen LogP contribution in [0, 0.1) is 0 Å². The first kappa shape index (κ1) is 16.2. The quantitative estimate of drug-likeness (QED) is 0.795. The summed E-state index contributed by atoms with van der Waals surface area (Å²) in [5.41, 5.74) is 0.800. The molecule has 0 aromatic heterocycles. The molecule has 1 atom stereocenters. The van der Waals surface area contributed by atoms with Gasteiger partial charge in [-0.3, -0.25) is 0 Å². The Hall–Kier alpha value is -2.62. The van der Waals surface area contributed by atoms with Crippen molar-refractivity contribution in [3.63, 3.8) is 0 Å². The molecule has 1 unspecified atom stereocenters. The fraction of sp³-hybridized carbons (Fsp3) is 0.250. The normalized spacial score (nSPS) is 15.7. The minimum absolute atomic E-state index is 0.208. The molecule has 0 aliphatic heterocycles. The SMILES string of the molecule is COC(=O)C(F)(C1=C(C)Cc2ccccc21)c1cccc(OC)c1. The van der Waals surface area contributed by atoms with Gasteiger partial charge in [0.2, 0.25) is 0 Å². The van der Waals surface area contributed by atoms with Gasteiger partial charge < -0.3 is 9.47 Å². The van der Waals surface area contributed by atoms with Crippen molar-refractivity contribution in [2.45, 2.75) is 19.0 Å². The van der Waals surface area contributed by atoms with Crippen molar-refractivity contribution >= 4 is 11.5 Å². The third-order valence-corrected chi connectivity index (χ3v) is 4.45. The molecule has 0 N–H and O–H groups in total. The number of fused-ring (bicyclic) bond motifs is 1. The molecule has 1 aliphatic rings. The number of carbonyl (C=O) groups excluding carboxylic acids is 1. The van der Waals surface area contributed by atoms with Gasteiger partial charge in [0.15, 0.2) is 0 Å². The molecular formula is C20H19FO3. The minimum atomic E-state index is -2.38. The van der Waals surface area contributed by atoms with Crippen LogP contribution in [-0.4, -0.2) is 20.2 Å². The summed E-state index contributed by atoms with van der Waals surface area (Å²) in [5.74, 6) is -0.440. The third-order valence-electron chi connectivity index (χ3n) is 4.45. The maximum atomic E-state index is 16.3. The Kier molecular flexibility index (Phi) is 4.14. The Bertz CT molecular complexity index is 825. The Morgan fingerprint density at radius 2 is 1.88 bits per heavy atom. The number of hydrogen-bond acceptors (Lipinski definition) is 3. The van der Waals surface area contributed by atoms with Gasteiger partial charge in [0, 0.05) is 11.1 Å². The van der Waals surface area contributed by atoms with Crippen LogP contribution in [0.25, 0.3) is 5.57 Å². The standard InChI is InChI=1S/C20H19FO3/c1-13-11-14-7-4-5-10-17(14)18(13)20(21,19(22)24-3)15-8-6-9-16(12-15)23-2/h4-10,12H,11H2,1-3H3. The number of methoxy groups -OCH3 is 2. The molecule has 24 heavy (non-hydrogen) atoms. The highest BCUT2D eigenvalue weighted by molar-refractivity contribution is 6.00. The second-order valence-corrected chi connectivity index (χ2v) is 5.87. The molecule has 2 aromatic rings. The Balaban J connectivity index is 2.24. The highest BCUT2D eigenvalue weighted by Crippen LogP contribution is 2.48. The van der Waals surface area contributed by atoms with Crippen LogP contribution in [0.3, 0.4) is 0 Å². The monoisotopic (exact) mass is 326 g/mol. The van der Waals surface area contributed by atoms with Crippen LogP contribution in [-0.2, 0) is 21.6 Å². The van der Waals surface area contributed by atoms with Crippen LogP contribution in [0.2, 0.25) is 0 Å². The Labute approximate surface area is 140 Å². The minimum Gasteiger partial charge on any atom is -0.497 e. The largest absolute Gasteiger partial charge is 0.497 e. The number of esters is 1. The van der Waals surface area contributed by atoms with Crippen LogP contribution in [0.5, 0.6) is 5.75 Å². The van der Waals surface area contributed by atoms with Gasteiger partial charge in [-0.05, 0) is 36.6 Å². The van der Waals surface area contributed by atoms with Gasteiger partial charge in [-0.2, -0.15) is 0 Å². The zero-order valence-electron chi connectivity index (χ0n) is 13.9. The van der Waals surface area contributed by atoms with Crippen molar-refractivity contribution < 1.29 is 18.7 Å². The van der Waals surface area contributed by atoms with Gasteiger partial charge in [0.1, 0.15) is 5.75 Å². The highest BCUT2D eigenvalue weighted by Gasteiger charge is 2.49. The van der Waals surface area contributed by atoms with Gasteiger partial charge in [-0.15, -0.1) is 0 Å². The lowest BCUT2D eigenvalue weighted by atomic mass is 9.83. The fourth-order valence-corrected chi connectivity index (χ4v) is 3.34. The molecule has 3 nitrogen and oxygen atoms in total.